The van der Waals surface area contributed by atoms with Crippen molar-refractivity contribution in [2.75, 3.05) is 13.1 Å². The van der Waals surface area contributed by atoms with Crippen molar-refractivity contribution < 1.29 is 19.1 Å². The van der Waals surface area contributed by atoms with E-state index in [1.165, 1.54) is 6.42 Å². The molecule has 0 spiro atoms. The number of ether oxygens (including phenoxy) is 1. The second kappa shape index (κ2) is 7.57. The van der Waals surface area contributed by atoms with Gasteiger partial charge in [0.15, 0.2) is 5.76 Å². The van der Waals surface area contributed by atoms with Crippen LogP contribution in [0.15, 0.2) is 46.6 Å². The van der Waals surface area contributed by atoms with Gasteiger partial charge >= 0.3 is 0 Å². The van der Waals surface area contributed by atoms with Crippen molar-refractivity contribution >= 4 is 22.8 Å². The molecule has 3 heterocycles. The van der Waals surface area contributed by atoms with Crippen molar-refractivity contribution in [3.8, 4) is 11.5 Å². The number of likely N-dealkylation sites (tertiary alicyclic amines) is 1. The van der Waals surface area contributed by atoms with E-state index >= 15 is 0 Å². The molecule has 3 aromatic rings. The number of phenols is 1. The van der Waals surface area contributed by atoms with Gasteiger partial charge in [0.1, 0.15) is 22.8 Å². The molecule has 0 radical (unpaired) electrons. The van der Waals surface area contributed by atoms with Crippen LogP contribution < -0.4 is 4.74 Å². The largest absolute Gasteiger partial charge is 0.507 e. The molecule has 2 aliphatic heterocycles. The highest BCUT2D eigenvalue weighted by atomic mass is 16.5. The van der Waals surface area contributed by atoms with Gasteiger partial charge in [-0.3, -0.25) is 9.69 Å². The van der Waals surface area contributed by atoms with Gasteiger partial charge in [-0.15, -0.1) is 0 Å². The van der Waals surface area contributed by atoms with Crippen molar-refractivity contribution in [1.29, 1.82) is 0 Å². The lowest BCUT2D eigenvalue weighted by atomic mass is 9.91. The Hall–Kier alpha value is -3.05. The monoisotopic (exact) mass is 417 g/mol. The number of hydrogen-bond acceptors (Lipinski definition) is 5. The Bertz CT molecular complexity index is 1160. The molecule has 1 saturated heterocycles. The number of furan rings is 1. The van der Waals surface area contributed by atoms with Gasteiger partial charge in [0, 0.05) is 31.1 Å². The average molecular weight is 418 g/mol. The van der Waals surface area contributed by atoms with E-state index in [2.05, 4.69) is 18.7 Å². The van der Waals surface area contributed by atoms with Crippen LogP contribution >= 0.6 is 0 Å². The van der Waals surface area contributed by atoms with Crippen molar-refractivity contribution in [2.45, 2.75) is 33.7 Å². The molecule has 2 aliphatic rings. The van der Waals surface area contributed by atoms with E-state index in [1.807, 2.05) is 37.3 Å². The molecule has 1 fully saturated rings. The summed E-state index contributed by atoms with van der Waals surface area (Å²) < 4.78 is 11.9. The standard InChI is InChI=1S/C26H27NO4/c1-15-8-16(2)13-27(12-15)14-20-21(28)9-17(3)24-25(29)23(31-26(20)24)11-19-10-18-6-4-5-7-22(18)30-19/h4-7,9-11,15-16,28H,8,12-14H2,1-3H3/b23-11-/t15-,16+. The number of hydrogen-bond donors (Lipinski definition) is 1. The number of aromatic hydroxyl groups is 1. The SMILES string of the molecule is Cc1cc(O)c(CN2C[C@H](C)C[C@H](C)C2)c2c1C(=O)/C(=C/c1cc3ccccc3o1)O2. The number of Topliss-reactive ketones (excluding diaryl/α,β-unsaturated/α-hetero) is 1. The normalized spacial score (nSPS) is 22.8. The van der Waals surface area contributed by atoms with Gasteiger partial charge in [0.05, 0.1) is 11.1 Å². The molecule has 0 bridgehead atoms. The summed E-state index contributed by atoms with van der Waals surface area (Å²) >= 11 is 0. The van der Waals surface area contributed by atoms with Gasteiger partial charge in [0.2, 0.25) is 5.78 Å². The van der Waals surface area contributed by atoms with Crippen molar-refractivity contribution in [3.05, 3.63) is 64.6 Å². The highest BCUT2D eigenvalue weighted by molar-refractivity contribution is 6.15. The minimum atomic E-state index is -0.172. The molecule has 160 valence electrons. The van der Waals surface area contributed by atoms with Crippen molar-refractivity contribution in [1.82, 2.24) is 4.90 Å². The molecule has 5 heteroatoms. The van der Waals surface area contributed by atoms with E-state index in [1.54, 1.807) is 12.1 Å². The van der Waals surface area contributed by atoms with E-state index in [9.17, 15) is 9.90 Å². The molecular weight excluding hydrogens is 390 g/mol. The van der Waals surface area contributed by atoms with Crippen LogP contribution in [0.2, 0.25) is 0 Å². The first kappa shape index (κ1) is 19.9. The van der Waals surface area contributed by atoms with E-state index in [-0.39, 0.29) is 17.3 Å². The first-order valence-electron chi connectivity index (χ1n) is 10.9. The fourth-order valence-electron chi connectivity index (χ4n) is 5.08. The Kier molecular flexibility index (Phi) is 4.86. The van der Waals surface area contributed by atoms with Gasteiger partial charge in [-0.25, -0.2) is 0 Å². The maximum Gasteiger partial charge on any atom is 0.232 e. The lowest BCUT2D eigenvalue weighted by Crippen LogP contribution is -2.38. The number of nitrogens with zero attached hydrogens (tertiary/aromatic N) is 1. The zero-order valence-electron chi connectivity index (χ0n) is 18.1. The number of carbonyl (C=O) groups excluding carboxylic acids is 1. The third-order valence-electron chi connectivity index (χ3n) is 6.26. The average Bonchev–Trinajstić information content (AvgIpc) is 3.25. The number of carbonyl (C=O) groups is 1. The summed E-state index contributed by atoms with van der Waals surface area (Å²) in [5.41, 5.74) is 2.70. The molecule has 0 aliphatic carbocycles. The molecule has 5 rings (SSSR count). The van der Waals surface area contributed by atoms with Crippen LogP contribution in [0.4, 0.5) is 0 Å². The minimum absolute atomic E-state index is 0.172. The lowest BCUT2D eigenvalue weighted by molar-refractivity contribution is 0.101. The van der Waals surface area contributed by atoms with Gasteiger partial charge in [0.25, 0.3) is 0 Å². The zero-order valence-corrected chi connectivity index (χ0v) is 18.1. The van der Waals surface area contributed by atoms with Crippen LogP contribution in [0.3, 0.4) is 0 Å². The van der Waals surface area contributed by atoms with Crippen LogP contribution in [0.25, 0.3) is 17.0 Å². The fourth-order valence-corrected chi connectivity index (χ4v) is 5.08. The molecule has 2 atom stereocenters. The summed E-state index contributed by atoms with van der Waals surface area (Å²) in [5, 5.41) is 11.7. The van der Waals surface area contributed by atoms with Crippen LogP contribution in [0.1, 0.15) is 47.5 Å². The summed E-state index contributed by atoms with van der Waals surface area (Å²) in [6, 6.07) is 11.3. The number of ketones is 1. The van der Waals surface area contributed by atoms with E-state index in [0.29, 0.717) is 41.0 Å². The highest BCUT2D eigenvalue weighted by Gasteiger charge is 2.34. The molecule has 5 nitrogen and oxygen atoms in total. The number of rotatable bonds is 3. The van der Waals surface area contributed by atoms with Crippen LogP contribution in [-0.4, -0.2) is 28.9 Å². The van der Waals surface area contributed by atoms with Crippen molar-refractivity contribution in [2.24, 2.45) is 11.8 Å². The predicted molar refractivity (Wildman–Crippen MR) is 120 cm³/mol. The third-order valence-corrected chi connectivity index (χ3v) is 6.26. The first-order chi connectivity index (χ1) is 14.9. The molecule has 0 saturated carbocycles. The Balaban J connectivity index is 1.50. The second-order valence-electron chi connectivity index (χ2n) is 9.16. The maximum atomic E-state index is 13.2. The minimum Gasteiger partial charge on any atom is -0.507 e. The van der Waals surface area contributed by atoms with Crippen molar-refractivity contribution in [3.63, 3.8) is 0 Å². The summed E-state index contributed by atoms with van der Waals surface area (Å²) in [7, 11) is 0. The summed E-state index contributed by atoms with van der Waals surface area (Å²) in [5.74, 6) is 2.50. The number of aryl methyl sites for hydroxylation is 1. The Morgan fingerprint density at radius 2 is 1.90 bits per heavy atom. The first-order valence-corrected chi connectivity index (χ1v) is 10.9. The summed E-state index contributed by atoms with van der Waals surface area (Å²) in [6.07, 6.45) is 2.86. The number of allylic oxidation sites excluding steroid dienone is 1. The number of phenolic OH excluding ortho intramolecular Hbond substituents is 1. The smallest absolute Gasteiger partial charge is 0.232 e. The fraction of sp³-hybridized carbons (Fsp3) is 0.346. The predicted octanol–water partition coefficient (Wildman–Crippen LogP) is 5.54. The van der Waals surface area contributed by atoms with Crippen LogP contribution in [-0.2, 0) is 6.54 Å². The van der Waals surface area contributed by atoms with E-state index in [0.717, 1.165) is 29.6 Å². The van der Waals surface area contributed by atoms with Gasteiger partial charge < -0.3 is 14.3 Å². The molecule has 2 aromatic carbocycles. The van der Waals surface area contributed by atoms with Gasteiger partial charge in [-0.05, 0) is 48.9 Å². The lowest BCUT2D eigenvalue weighted by Gasteiger charge is -2.35. The number of fused-ring (bicyclic) bond motifs is 2. The molecule has 1 N–H and O–H groups in total. The zero-order chi connectivity index (χ0) is 21.7. The molecule has 1 aromatic heterocycles. The summed E-state index contributed by atoms with van der Waals surface area (Å²) in [6.45, 7) is 8.86. The Morgan fingerprint density at radius 3 is 2.65 bits per heavy atom. The van der Waals surface area contributed by atoms with Crippen LogP contribution in [0, 0.1) is 18.8 Å². The Labute approximate surface area is 181 Å². The maximum absolute atomic E-state index is 13.2. The number of para-hydroxylation sites is 1. The number of piperidine rings is 1. The molecule has 0 amide bonds. The molecule has 31 heavy (non-hydrogen) atoms. The van der Waals surface area contributed by atoms with Gasteiger partial charge in [-0.1, -0.05) is 32.0 Å². The topological polar surface area (TPSA) is 62.9 Å². The quantitative estimate of drug-likeness (QED) is 0.567. The second-order valence-corrected chi connectivity index (χ2v) is 9.16. The molecular formula is C26H27NO4. The van der Waals surface area contributed by atoms with Gasteiger partial charge in [-0.2, -0.15) is 0 Å². The van der Waals surface area contributed by atoms with Crippen LogP contribution in [0.5, 0.6) is 11.5 Å². The third kappa shape index (κ3) is 3.63. The molecule has 0 unspecified atom stereocenters. The highest BCUT2D eigenvalue weighted by Crippen LogP contribution is 2.43. The van der Waals surface area contributed by atoms with E-state index < -0.39 is 0 Å². The number of benzene rings is 2. The Morgan fingerprint density at radius 1 is 1.16 bits per heavy atom. The van der Waals surface area contributed by atoms with E-state index in [4.69, 9.17) is 9.15 Å². The summed E-state index contributed by atoms with van der Waals surface area (Å²) in [4.78, 5) is 15.5.